The first-order chi connectivity index (χ1) is 5.39. The Morgan fingerprint density at radius 2 is 1.67 bits per heavy atom. The smallest absolute Gasteiger partial charge is 0.0243 e. The van der Waals surface area contributed by atoms with Gasteiger partial charge in [-0.15, -0.1) is 0 Å². The van der Waals surface area contributed by atoms with E-state index in [2.05, 4.69) is 34.6 Å². The lowest BCUT2D eigenvalue weighted by atomic mass is 9.67. The molecule has 0 nitrogen and oxygen atoms in total. The Bertz CT molecular complexity index is 204. The summed E-state index contributed by atoms with van der Waals surface area (Å²) in [6.45, 7) is 12.4. The molecular formula is C12H22. The second-order valence-corrected chi connectivity index (χ2v) is 6.06. The van der Waals surface area contributed by atoms with Crippen LogP contribution in [0.5, 0.6) is 0 Å². The molecule has 2 saturated carbocycles. The third-order valence-corrected chi connectivity index (χ3v) is 5.53. The summed E-state index contributed by atoms with van der Waals surface area (Å²) in [4.78, 5) is 0. The van der Waals surface area contributed by atoms with Gasteiger partial charge in [0.2, 0.25) is 0 Å². The van der Waals surface area contributed by atoms with Crippen molar-refractivity contribution in [2.24, 2.45) is 28.6 Å². The summed E-state index contributed by atoms with van der Waals surface area (Å²) in [5, 5.41) is 0. The Hall–Kier alpha value is 0. The fourth-order valence-corrected chi connectivity index (χ4v) is 4.21. The zero-order valence-electron chi connectivity index (χ0n) is 9.15. The van der Waals surface area contributed by atoms with Gasteiger partial charge in [-0.05, 0) is 41.4 Å². The molecule has 0 saturated heterocycles. The Kier molecular flexibility index (Phi) is 1.49. The highest BCUT2D eigenvalue weighted by molar-refractivity contribution is 5.11. The van der Waals surface area contributed by atoms with Gasteiger partial charge in [-0.3, -0.25) is 0 Å². The minimum absolute atomic E-state index is 0.603. The molecule has 0 aliphatic heterocycles. The van der Waals surface area contributed by atoms with Crippen LogP contribution in [-0.2, 0) is 0 Å². The van der Waals surface area contributed by atoms with Crippen molar-refractivity contribution in [1.29, 1.82) is 0 Å². The molecule has 0 heteroatoms. The molecule has 0 amide bonds. The van der Waals surface area contributed by atoms with Crippen LogP contribution in [0.25, 0.3) is 0 Å². The molecule has 2 aliphatic carbocycles. The summed E-state index contributed by atoms with van der Waals surface area (Å²) in [7, 11) is 0. The van der Waals surface area contributed by atoms with Crippen LogP contribution in [0.2, 0.25) is 0 Å². The van der Waals surface area contributed by atoms with Gasteiger partial charge in [0, 0.05) is 0 Å². The van der Waals surface area contributed by atoms with Crippen LogP contribution in [0.1, 0.15) is 47.5 Å². The summed E-state index contributed by atoms with van der Waals surface area (Å²) < 4.78 is 0. The molecule has 2 rings (SSSR count). The molecule has 12 heavy (non-hydrogen) atoms. The van der Waals surface area contributed by atoms with Crippen molar-refractivity contribution in [3.05, 3.63) is 0 Å². The van der Waals surface area contributed by atoms with Gasteiger partial charge in [0.15, 0.2) is 0 Å². The molecule has 4 atom stereocenters. The van der Waals surface area contributed by atoms with Gasteiger partial charge in [0.25, 0.3) is 0 Å². The maximum atomic E-state index is 2.52. The molecule has 0 aromatic carbocycles. The molecule has 0 N–H and O–H groups in total. The van der Waals surface area contributed by atoms with Crippen LogP contribution in [0.3, 0.4) is 0 Å². The van der Waals surface area contributed by atoms with Crippen molar-refractivity contribution >= 4 is 0 Å². The van der Waals surface area contributed by atoms with Gasteiger partial charge in [0.05, 0.1) is 0 Å². The van der Waals surface area contributed by atoms with Crippen molar-refractivity contribution in [2.75, 3.05) is 0 Å². The Morgan fingerprint density at radius 1 is 1.08 bits per heavy atom. The average Bonchev–Trinajstić information content (AvgIpc) is 2.18. The normalized spacial score (nSPS) is 56.2. The molecule has 0 heterocycles. The van der Waals surface area contributed by atoms with Gasteiger partial charge < -0.3 is 0 Å². The van der Waals surface area contributed by atoms with Crippen molar-refractivity contribution in [3.63, 3.8) is 0 Å². The van der Waals surface area contributed by atoms with E-state index >= 15 is 0 Å². The standard InChI is InChI=1S/C12H22/c1-8-7-12(5)9(2)6-10(8)11(12,3)4/h8-10H,6-7H2,1-5H3. The summed E-state index contributed by atoms with van der Waals surface area (Å²) in [6, 6.07) is 0. The summed E-state index contributed by atoms with van der Waals surface area (Å²) in [5.41, 5.74) is 1.24. The fraction of sp³-hybridized carbons (Fsp3) is 1.00. The van der Waals surface area contributed by atoms with Crippen molar-refractivity contribution in [3.8, 4) is 0 Å². The molecule has 2 bridgehead atoms. The molecule has 0 spiro atoms. The van der Waals surface area contributed by atoms with Crippen LogP contribution in [0.4, 0.5) is 0 Å². The number of hydrogen-bond acceptors (Lipinski definition) is 0. The predicted octanol–water partition coefficient (Wildman–Crippen LogP) is 3.71. The first kappa shape index (κ1) is 8.59. The summed E-state index contributed by atoms with van der Waals surface area (Å²) >= 11 is 0. The zero-order valence-corrected chi connectivity index (χ0v) is 9.15. The third kappa shape index (κ3) is 0.701. The van der Waals surface area contributed by atoms with Gasteiger partial charge in [-0.1, -0.05) is 34.6 Å². The predicted molar refractivity (Wildman–Crippen MR) is 52.9 cm³/mol. The molecule has 2 fully saturated rings. The first-order valence-electron chi connectivity index (χ1n) is 5.39. The number of hydrogen-bond donors (Lipinski definition) is 0. The topological polar surface area (TPSA) is 0 Å². The van der Waals surface area contributed by atoms with Crippen molar-refractivity contribution in [1.82, 2.24) is 0 Å². The molecule has 2 aliphatic rings. The van der Waals surface area contributed by atoms with E-state index in [1.165, 1.54) is 12.8 Å². The minimum atomic E-state index is 0.603. The molecule has 0 aromatic rings. The van der Waals surface area contributed by atoms with E-state index in [1.807, 2.05) is 0 Å². The average molecular weight is 166 g/mol. The SMILES string of the molecule is CC1CC2(C)C(C)CC1C2(C)C. The van der Waals surface area contributed by atoms with Gasteiger partial charge in [0.1, 0.15) is 0 Å². The fourth-order valence-electron chi connectivity index (χ4n) is 4.21. The highest BCUT2D eigenvalue weighted by atomic mass is 14.7. The maximum absolute atomic E-state index is 2.52. The zero-order chi connectivity index (χ0) is 9.15. The molecular weight excluding hydrogens is 144 g/mol. The quantitative estimate of drug-likeness (QED) is 0.514. The second kappa shape index (κ2) is 2.08. The van der Waals surface area contributed by atoms with Gasteiger partial charge in [-0.2, -0.15) is 0 Å². The van der Waals surface area contributed by atoms with E-state index < -0.39 is 0 Å². The van der Waals surface area contributed by atoms with E-state index in [4.69, 9.17) is 0 Å². The Balaban J connectivity index is 2.41. The van der Waals surface area contributed by atoms with Crippen LogP contribution in [0, 0.1) is 28.6 Å². The van der Waals surface area contributed by atoms with Crippen LogP contribution >= 0.6 is 0 Å². The van der Waals surface area contributed by atoms with E-state index in [1.54, 1.807) is 0 Å². The largest absolute Gasteiger partial charge is 0.0622 e. The molecule has 0 radical (unpaired) electrons. The highest BCUT2D eigenvalue weighted by Crippen LogP contribution is 2.69. The van der Waals surface area contributed by atoms with Crippen LogP contribution in [-0.4, -0.2) is 0 Å². The van der Waals surface area contributed by atoms with E-state index in [9.17, 15) is 0 Å². The molecule has 70 valence electrons. The van der Waals surface area contributed by atoms with Crippen LogP contribution < -0.4 is 0 Å². The van der Waals surface area contributed by atoms with Gasteiger partial charge >= 0.3 is 0 Å². The highest BCUT2D eigenvalue weighted by Gasteiger charge is 2.62. The molecule has 4 unspecified atom stereocenters. The van der Waals surface area contributed by atoms with Crippen LogP contribution in [0.15, 0.2) is 0 Å². The third-order valence-electron chi connectivity index (χ3n) is 5.53. The minimum Gasteiger partial charge on any atom is -0.0622 e. The first-order valence-corrected chi connectivity index (χ1v) is 5.39. The Morgan fingerprint density at radius 3 is 1.92 bits per heavy atom. The van der Waals surface area contributed by atoms with E-state index in [-0.39, 0.29) is 0 Å². The monoisotopic (exact) mass is 166 g/mol. The Labute approximate surface area is 76.7 Å². The molecule has 0 aromatic heterocycles. The summed E-state index contributed by atoms with van der Waals surface area (Å²) in [5.74, 6) is 2.92. The van der Waals surface area contributed by atoms with Gasteiger partial charge in [-0.25, -0.2) is 0 Å². The van der Waals surface area contributed by atoms with Crippen molar-refractivity contribution in [2.45, 2.75) is 47.5 Å². The number of fused-ring (bicyclic) bond motifs is 2. The lowest BCUT2D eigenvalue weighted by Crippen LogP contribution is -2.30. The second-order valence-electron chi connectivity index (χ2n) is 6.06. The van der Waals surface area contributed by atoms with E-state index in [0.717, 1.165) is 17.8 Å². The summed E-state index contributed by atoms with van der Waals surface area (Å²) in [6.07, 6.45) is 2.94. The lowest BCUT2D eigenvalue weighted by molar-refractivity contribution is 0.110. The van der Waals surface area contributed by atoms with E-state index in [0.29, 0.717) is 10.8 Å². The number of rotatable bonds is 0. The van der Waals surface area contributed by atoms with Crippen molar-refractivity contribution < 1.29 is 0 Å². The lowest BCUT2D eigenvalue weighted by Gasteiger charge is -2.38. The maximum Gasteiger partial charge on any atom is -0.0243 e.